The molecule has 2 atom stereocenters. The minimum absolute atomic E-state index is 2.75. The second-order valence-corrected chi connectivity index (χ2v) is 3.62. The van der Waals surface area contributed by atoms with Gasteiger partial charge in [-0.15, -0.1) is 0 Å². The molecule has 16 heavy (non-hydrogen) atoms. The van der Waals surface area contributed by atoms with Crippen molar-refractivity contribution in [3.63, 3.8) is 0 Å². The number of rotatable bonds is 0. The van der Waals surface area contributed by atoms with Crippen LogP contribution in [0.5, 0.6) is 0 Å². The molecule has 0 aromatic carbocycles. The van der Waals surface area contributed by atoms with Crippen LogP contribution in [0.1, 0.15) is 0 Å². The molecule has 0 aliphatic carbocycles. The molecule has 0 bridgehead atoms. The predicted octanol–water partition coefficient (Wildman–Crippen LogP) is 3.28. The fourth-order valence-corrected chi connectivity index (χ4v) is 1.21. The average molecular weight is 297 g/mol. The maximum Gasteiger partial charge on any atom is 0.453 e. The highest BCUT2D eigenvalue weighted by molar-refractivity contribution is 6.30. The van der Waals surface area contributed by atoms with Crippen LogP contribution in [-0.2, 0) is 9.47 Å². The SMILES string of the molecule is FC(F)(F)C1(C(F)(F)F)O[C@@H](Cl)[C@@](F)(Cl)O1. The van der Waals surface area contributed by atoms with Crippen LogP contribution in [-0.4, -0.2) is 29.0 Å². The van der Waals surface area contributed by atoms with E-state index in [-0.39, 0.29) is 0 Å². The van der Waals surface area contributed by atoms with E-state index in [4.69, 9.17) is 11.6 Å². The van der Waals surface area contributed by atoms with Gasteiger partial charge in [0.25, 0.3) is 0 Å². The predicted molar refractivity (Wildman–Crippen MR) is 36.3 cm³/mol. The molecule has 1 saturated heterocycles. The fourth-order valence-electron chi connectivity index (χ4n) is 0.886. The molecule has 0 unspecified atom stereocenters. The van der Waals surface area contributed by atoms with Crippen molar-refractivity contribution in [3.05, 3.63) is 0 Å². The highest BCUT2D eigenvalue weighted by atomic mass is 35.5. The number of hydrogen-bond acceptors (Lipinski definition) is 2. The van der Waals surface area contributed by atoms with Gasteiger partial charge in [-0.2, -0.15) is 30.7 Å². The van der Waals surface area contributed by atoms with Crippen LogP contribution in [0.15, 0.2) is 0 Å². The summed E-state index contributed by atoms with van der Waals surface area (Å²) >= 11 is 9.31. The Labute approximate surface area is 93.2 Å². The summed E-state index contributed by atoms with van der Waals surface area (Å²) in [5.74, 6) is -5.16. The van der Waals surface area contributed by atoms with Gasteiger partial charge in [-0.1, -0.05) is 11.6 Å². The van der Waals surface area contributed by atoms with E-state index in [0.717, 1.165) is 0 Å². The minimum atomic E-state index is -6.08. The molecule has 0 N–H and O–H groups in total. The first-order chi connectivity index (χ1) is 6.83. The fraction of sp³-hybridized carbons (Fsp3) is 1.00. The van der Waals surface area contributed by atoms with E-state index >= 15 is 0 Å². The monoisotopic (exact) mass is 296 g/mol. The number of hydrogen-bond donors (Lipinski definition) is 0. The molecule has 96 valence electrons. The molecule has 0 radical (unpaired) electrons. The van der Waals surface area contributed by atoms with E-state index in [2.05, 4.69) is 21.1 Å². The number of ether oxygens (including phenoxy) is 2. The van der Waals surface area contributed by atoms with Gasteiger partial charge in [-0.25, -0.2) is 0 Å². The Hall–Kier alpha value is 0.01000. The highest BCUT2D eigenvalue weighted by Gasteiger charge is 2.82. The average Bonchev–Trinajstić information content (AvgIpc) is 2.21. The summed E-state index contributed by atoms with van der Waals surface area (Å²) in [6, 6.07) is 0. The molecule has 0 saturated carbocycles. The zero-order valence-corrected chi connectivity index (χ0v) is 8.31. The topological polar surface area (TPSA) is 18.5 Å². The van der Waals surface area contributed by atoms with Gasteiger partial charge in [0.2, 0.25) is 5.56 Å². The van der Waals surface area contributed by atoms with E-state index in [0.29, 0.717) is 0 Å². The largest absolute Gasteiger partial charge is 0.453 e. The maximum absolute atomic E-state index is 12.8. The Morgan fingerprint density at radius 2 is 1.38 bits per heavy atom. The first kappa shape index (κ1) is 14.1. The van der Waals surface area contributed by atoms with Gasteiger partial charge in [0.15, 0.2) is 0 Å². The first-order valence-electron chi connectivity index (χ1n) is 3.37. The van der Waals surface area contributed by atoms with Gasteiger partial charge in [0.05, 0.1) is 0 Å². The molecule has 2 nitrogen and oxygen atoms in total. The summed E-state index contributed by atoms with van der Waals surface area (Å²) in [6.07, 6.45) is -12.2. The molecule has 0 amide bonds. The summed E-state index contributed by atoms with van der Waals surface area (Å²) in [4.78, 5) is 0. The Kier molecular flexibility index (Phi) is 3.08. The molecule has 1 aliphatic rings. The van der Waals surface area contributed by atoms with Crippen LogP contribution in [0.2, 0.25) is 0 Å². The Balaban J connectivity index is 3.22. The second kappa shape index (κ2) is 3.50. The van der Waals surface area contributed by atoms with Gasteiger partial charge in [0.1, 0.15) is 0 Å². The lowest BCUT2D eigenvalue weighted by Crippen LogP contribution is -2.58. The molecular weight excluding hydrogens is 296 g/mol. The van der Waals surface area contributed by atoms with Crippen molar-refractivity contribution in [3.8, 4) is 0 Å². The van der Waals surface area contributed by atoms with Crippen molar-refractivity contribution >= 4 is 23.2 Å². The molecule has 11 heteroatoms. The van der Waals surface area contributed by atoms with E-state index in [9.17, 15) is 30.7 Å². The van der Waals surface area contributed by atoms with Crippen molar-refractivity contribution in [2.24, 2.45) is 0 Å². The van der Waals surface area contributed by atoms with Crippen molar-refractivity contribution < 1.29 is 40.2 Å². The molecule has 1 heterocycles. The van der Waals surface area contributed by atoms with E-state index < -0.39 is 29.0 Å². The third-order valence-corrected chi connectivity index (χ3v) is 2.32. The van der Waals surface area contributed by atoms with E-state index in [1.807, 2.05) is 0 Å². The summed E-state index contributed by atoms with van der Waals surface area (Å²) in [6.45, 7) is 0. The molecule has 1 rings (SSSR count). The lowest BCUT2D eigenvalue weighted by atomic mass is 10.2. The van der Waals surface area contributed by atoms with Crippen molar-refractivity contribution in [2.75, 3.05) is 0 Å². The Bertz CT molecular complexity index is 271. The maximum atomic E-state index is 12.8. The van der Waals surface area contributed by atoms with Crippen LogP contribution in [0, 0.1) is 0 Å². The van der Waals surface area contributed by atoms with Crippen LogP contribution in [0.3, 0.4) is 0 Å². The molecular formula is C5HCl2F7O2. The summed E-state index contributed by atoms with van der Waals surface area (Å²) in [5, 5.41) is -3.92. The van der Waals surface area contributed by atoms with Gasteiger partial charge < -0.3 is 4.74 Å². The zero-order valence-electron chi connectivity index (χ0n) is 6.80. The zero-order chi connectivity index (χ0) is 13.0. The normalized spacial score (nSPS) is 35.4. The Morgan fingerprint density at radius 3 is 1.50 bits per heavy atom. The lowest BCUT2D eigenvalue weighted by Gasteiger charge is -2.31. The van der Waals surface area contributed by atoms with Gasteiger partial charge in [-0.05, 0) is 11.6 Å². The van der Waals surface area contributed by atoms with Crippen molar-refractivity contribution in [2.45, 2.75) is 29.0 Å². The first-order valence-corrected chi connectivity index (χ1v) is 4.18. The number of halogens is 9. The molecule has 0 spiro atoms. The standard InChI is InChI=1S/C5HCl2F7O2/c6-1-2(7,8)16-3(15-1,4(9,10)11)5(12,13)14/h1H/t1-,2+/m1/s1. The van der Waals surface area contributed by atoms with Gasteiger partial charge >= 0.3 is 23.5 Å². The van der Waals surface area contributed by atoms with Crippen LogP contribution in [0.4, 0.5) is 30.7 Å². The van der Waals surface area contributed by atoms with Gasteiger partial charge in [0, 0.05) is 0 Å². The van der Waals surface area contributed by atoms with Crippen molar-refractivity contribution in [1.82, 2.24) is 0 Å². The van der Waals surface area contributed by atoms with Crippen LogP contribution >= 0.6 is 23.2 Å². The minimum Gasteiger partial charge on any atom is -0.308 e. The van der Waals surface area contributed by atoms with Crippen LogP contribution in [0.25, 0.3) is 0 Å². The molecule has 0 aromatic heterocycles. The van der Waals surface area contributed by atoms with Gasteiger partial charge in [-0.3, -0.25) is 4.74 Å². The summed E-state index contributed by atoms with van der Waals surface area (Å²) < 4.78 is 92.2. The third-order valence-electron chi connectivity index (χ3n) is 1.56. The molecule has 1 fully saturated rings. The Morgan fingerprint density at radius 1 is 1.00 bits per heavy atom. The van der Waals surface area contributed by atoms with Crippen molar-refractivity contribution in [1.29, 1.82) is 0 Å². The third kappa shape index (κ3) is 1.93. The smallest absolute Gasteiger partial charge is 0.308 e. The van der Waals surface area contributed by atoms with E-state index in [1.165, 1.54) is 0 Å². The summed E-state index contributed by atoms with van der Waals surface area (Å²) in [5.41, 5.74) is -2.75. The lowest BCUT2D eigenvalue weighted by molar-refractivity contribution is -0.449. The van der Waals surface area contributed by atoms with Crippen LogP contribution < -0.4 is 0 Å². The second-order valence-electron chi connectivity index (χ2n) is 2.71. The number of alkyl halides is 9. The molecule has 1 aliphatic heterocycles. The van der Waals surface area contributed by atoms with E-state index in [1.54, 1.807) is 0 Å². The quantitative estimate of drug-likeness (QED) is 0.504. The highest BCUT2D eigenvalue weighted by Crippen LogP contribution is 2.56. The molecule has 0 aromatic rings. The summed E-state index contributed by atoms with van der Waals surface area (Å²) in [7, 11) is 0.